The van der Waals surface area contributed by atoms with Crippen LogP contribution in [-0.2, 0) is 0 Å². The predicted molar refractivity (Wildman–Crippen MR) is 67.9 cm³/mol. The molecule has 0 aliphatic heterocycles. The first kappa shape index (κ1) is 9.33. The summed E-state index contributed by atoms with van der Waals surface area (Å²) in [6, 6.07) is 10.3. The average Bonchev–Trinajstić information content (AvgIpc) is 2.84. The second-order valence-electron chi connectivity index (χ2n) is 3.14. The van der Waals surface area contributed by atoms with Gasteiger partial charge in [-0.3, -0.25) is 0 Å². The molecule has 4 heteroatoms. The minimum absolute atomic E-state index is 0.828. The zero-order chi connectivity index (χ0) is 10.3. The standard InChI is InChI=1S/C11H6ClNS2/c12-11-4-3-9(15-11)7-1-2-8-10(5-7)14-6-13-8/h1-6H. The maximum atomic E-state index is 5.92. The summed E-state index contributed by atoms with van der Waals surface area (Å²) in [6.45, 7) is 0. The lowest BCUT2D eigenvalue weighted by Crippen LogP contribution is -1.71. The summed E-state index contributed by atoms with van der Waals surface area (Å²) in [5, 5.41) is 0. The number of thiazole rings is 1. The third kappa shape index (κ3) is 1.67. The van der Waals surface area contributed by atoms with Crippen molar-refractivity contribution in [2.75, 3.05) is 0 Å². The fourth-order valence-electron chi connectivity index (χ4n) is 1.48. The van der Waals surface area contributed by atoms with Crippen LogP contribution in [0.15, 0.2) is 35.8 Å². The Morgan fingerprint density at radius 3 is 2.87 bits per heavy atom. The van der Waals surface area contributed by atoms with Crippen LogP contribution in [0.2, 0.25) is 4.34 Å². The Hall–Kier alpha value is -0.900. The number of aromatic nitrogens is 1. The summed E-state index contributed by atoms with van der Waals surface area (Å²) in [6.07, 6.45) is 0. The Bertz CT molecular complexity index is 612. The Morgan fingerprint density at radius 2 is 2.07 bits per heavy atom. The summed E-state index contributed by atoms with van der Waals surface area (Å²) < 4.78 is 2.05. The molecule has 74 valence electrons. The van der Waals surface area contributed by atoms with E-state index in [1.54, 1.807) is 22.7 Å². The van der Waals surface area contributed by atoms with Gasteiger partial charge in [-0.05, 0) is 29.8 Å². The molecule has 0 aliphatic rings. The van der Waals surface area contributed by atoms with Gasteiger partial charge in [0.05, 0.1) is 20.1 Å². The van der Waals surface area contributed by atoms with Crippen LogP contribution in [0.1, 0.15) is 0 Å². The van der Waals surface area contributed by atoms with Gasteiger partial charge >= 0.3 is 0 Å². The van der Waals surface area contributed by atoms with E-state index in [-0.39, 0.29) is 0 Å². The first-order valence-electron chi connectivity index (χ1n) is 4.42. The van der Waals surface area contributed by atoms with Crippen molar-refractivity contribution < 1.29 is 0 Å². The van der Waals surface area contributed by atoms with Crippen molar-refractivity contribution in [3.63, 3.8) is 0 Å². The van der Waals surface area contributed by atoms with Gasteiger partial charge in [0, 0.05) is 4.88 Å². The molecule has 2 heterocycles. The number of benzene rings is 1. The topological polar surface area (TPSA) is 12.9 Å². The van der Waals surface area contributed by atoms with Gasteiger partial charge in [0.1, 0.15) is 0 Å². The number of halogens is 1. The van der Waals surface area contributed by atoms with Crippen molar-refractivity contribution in [2.45, 2.75) is 0 Å². The van der Waals surface area contributed by atoms with Gasteiger partial charge in [0.25, 0.3) is 0 Å². The van der Waals surface area contributed by atoms with E-state index >= 15 is 0 Å². The van der Waals surface area contributed by atoms with Crippen LogP contribution in [0.3, 0.4) is 0 Å². The lowest BCUT2D eigenvalue weighted by molar-refractivity contribution is 1.50. The molecule has 15 heavy (non-hydrogen) atoms. The molecule has 1 aromatic carbocycles. The van der Waals surface area contributed by atoms with E-state index in [1.807, 2.05) is 11.6 Å². The quantitative estimate of drug-likeness (QED) is 0.612. The average molecular weight is 252 g/mol. The van der Waals surface area contributed by atoms with Gasteiger partial charge in [-0.1, -0.05) is 17.7 Å². The lowest BCUT2D eigenvalue weighted by atomic mass is 10.2. The van der Waals surface area contributed by atoms with Gasteiger partial charge in [-0.15, -0.1) is 22.7 Å². The Morgan fingerprint density at radius 1 is 1.13 bits per heavy atom. The van der Waals surface area contributed by atoms with Gasteiger partial charge in [0.2, 0.25) is 0 Å². The van der Waals surface area contributed by atoms with Crippen molar-refractivity contribution in [1.29, 1.82) is 0 Å². The Balaban J connectivity index is 2.18. The second kappa shape index (κ2) is 3.59. The number of fused-ring (bicyclic) bond motifs is 1. The highest BCUT2D eigenvalue weighted by molar-refractivity contribution is 7.19. The smallest absolute Gasteiger partial charge is 0.0934 e. The van der Waals surface area contributed by atoms with E-state index in [0.29, 0.717) is 0 Å². The molecule has 0 bridgehead atoms. The fraction of sp³-hybridized carbons (Fsp3) is 0. The fourth-order valence-corrected chi connectivity index (χ4v) is 3.23. The van der Waals surface area contributed by atoms with E-state index in [9.17, 15) is 0 Å². The zero-order valence-corrected chi connectivity index (χ0v) is 9.99. The van der Waals surface area contributed by atoms with Crippen LogP contribution in [0.5, 0.6) is 0 Å². The molecule has 0 saturated carbocycles. The molecule has 0 unspecified atom stereocenters. The van der Waals surface area contributed by atoms with E-state index < -0.39 is 0 Å². The SMILES string of the molecule is Clc1ccc(-c2ccc3ncsc3c2)s1. The first-order valence-corrected chi connectivity index (χ1v) is 6.49. The highest BCUT2D eigenvalue weighted by Crippen LogP contribution is 2.33. The summed E-state index contributed by atoms with van der Waals surface area (Å²) >= 11 is 9.18. The lowest BCUT2D eigenvalue weighted by Gasteiger charge is -1.96. The summed E-state index contributed by atoms with van der Waals surface area (Å²) in [7, 11) is 0. The molecule has 3 aromatic rings. The summed E-state index contributed by atoms with van der Waals surface area (Å²) in [5.41, 5.74) is 4.14. The molecule has 0 N–H and O–H groups in total. The second-order valence-corrected chi connectivity index (χ2v) is 5.74. The molecular formula is C11H6ClNS2. The van der Waals surface area contributed by atoms with Crippen LogP contribution < -0.4 is 0 Å². The molecule has 0 atom stereocenters. The van der Waals surface area contributed by atoms with Crippen LogP contribution in [0.4, 0.5) is 0 Å². The van der Waals surface area contributed by atoms with E-state index in [4.69, 9.17) is 11.6 Å². The summed E-state index contributed by atoms with van der Waals surface area (Å²) in [4.78, 5) is 5.46. The van der Waals surface area contributed by atoms with Crippen molar-refractivity contribution in [3.05, 3.63) is 40.2 Å². The molecule has 0 amide bonds. The number of thiophene rings is 1. The van der Waals surface area contributed by atoms with E-state index in [2.05, 4.69) is 29.2 Å². The third-order valence-electron chi connectivity index (χ3n) is 2.19. The molecule has 1 nitrogen and oxygen atoms in total. The van der Waals surface area contributed by atoms with Gasteiger partial charge in [-0.25, -0.2) is 4.98 Å². The van der Waals surface area contributed by atoms with Crippen LogP contribution in [0, 0.1) is 0 Å². The zero-order valence-electron chi connectivity index (χ0n) is 7.61. The van der Waals surface area contributed by atoms with Crippen molar-refractivity contribution in [2.24, 2.45) is 0 Å². The third-order valence-corrected chi connectivity index (χ3v) is 4.26. The molecule has 0 saturated heterocycles. The van der Waals surface area contributed by atoms with Gasteiger partial charge in [-0.2, -0.15) is 0 Å². The van der Waals surface area contributed by atoms with Crippen molar-refractivity contribution in [1.82, 2.24) is 4.98 Å². The predicted octanol–water partition coefficient (Wildman–Crippen LogP) is 4.68. The molecule has 0 fully saturated rings. The largest absolute Gasteiger partial charge is 0.245 e. The number of rotatable bonds is 1. The molecule has 3 rings (SSSR count). The molecule has 0 spiro atoms. The highest BCUT2D eigenvalue weighted by atomic mass is 35.5. The molecule has 2 aromatic heterocycles. The number of hydrogen-bond acceptors (Lipinski definition) is 3. The molecular weight excluding hydrogens is 246 g/mol. The number of nitrogens with zero attached hydrogens (tertiary/aromatic N) is 1. The van der Waals surface area contributed by atoms with Gasteiger partial charge < -0.3 is 0 Å². The Kier molecular flexibility index (Phi) is 2.24. The van der Waals surface area contributed by atoms with Crippen LogP contribution >= 0.6 is 34.3 Å². The maximum Gasteiger partial charge on any atom is 0.0934 e. The first-order chi connectivity index (χ1) is 7.33. The van der Waals surface area contributed by atoms with Crippen LogP contribution in [-0.4, -0.2) is 4.98 Å². The number of hydrogen-bond donors (Lipinski definition) is 0. The molecule has 0 aliphatic carbocycles. The van der Waals surface area contributed by atoms with Crippen LogP contribution in [0.25, 0.3) is 20.7 Å². The minimum atomic E-state index is 0.828. The van der Waals surface area contributed by atoms with Crippen molar-refractivity contribution in [3.8, 4) is 10.4 Å². The Labute approximate surface area is 100.0 Å². The van der Waals surface area contributed by atoms with E-state index in [0.717, 1.165) is 9.85 Å². The maximum absolute atomic E-state index is 5.92. The highest BCUT2D eigenvalue weighted by Gasteiger charge is 2.03. The monoisotopic (exact) mass is 251 g/mol. The van der Waals surface area contributed by atoms with E-state index in [1.165, 1.54) is 15.1 Å². The van der Waals surface area contributed by atoms with Gasteiger partial charge in [0.15, 0.2) is 0 Å². The minimum Gasteiger partial charge on any atom is -0.245 e. The normalized spacial score (nSPS) is 11.0. The van der Waals surface area contributed by atoms with Crippen molar-refractivity contribution >= 4 is 44.5 Å². The molecule has 0 radical (unpaired) electrons. The summed E-state index contributed by atoms with van der Waals surface area (Å²) in [5.74, 6) is 0.